The van der Waals surface area contributed by atoms with Gasteiger partial charge in [0.25, 0.3) is 0 Å². The molecule has 1 aromatic carbocycles. The van der Waals surface area contributed by atoms with E-state index < -0.39 is 0 Å². The molecule has 2 rings (SSSR count). The lowest BCUT2D eigenvalue weighted by atomic mass is 10.2. The summed E-state index contributed by atoms with van der Waals surface area (Å²) in [6.45, 7) is 3.08. The van der Waals surface area contributed by atoms with Crippen molar-refractivity contribution in [3.63, 3.8) is 0 Å². The molecule has 0 aliphatic carbocycles. The van der Waals surface area contributed by atoms with Crippen molar-refractivity contribution in [2.24, 2.45) is 4.99 Å². The van der Waals surface area contributed by atoms with Crippen LogP contribution in [-0.2, 0) is 0 Å². The smallest absolute Gasteiger partial charge is 0.191 e. The lowest BCUT2D eigenvalue weighted by Gasteiger charge is -2.24. The van der Waals surface area contributed by atoms with Gasteiger partial charge in [-0.3, -0.25) is 9.89 Å². The Morgan fingerprint density at radius 3 is 2.56 bits per heavy atom. The summed E-state index contributed by atoms with van der Waals surface area (Å²) in [4.78, 5) is 6.30. The molecular formula is C19H28FIN4O2. The number of likely N-dealkylation sites (N-methyl/N-ethyl adjacent to an activating group) is 1. The maximum Gasteiger partial charge on any atom is 0.191 e. The topological polar surface area (TPSA) is 62.0 Å². The number of furan rings is 1. The van der Waals surface area contributed by atoms with Gasteiger partial charge in [0, 0.05) is 19.7 Å². The summed E-state index contributed by atoms with van der Waals surface area (Å²) in [5.74, 6) is 1.75. The van der Waals surface area contributed by atoms with Crippen LogP contribution in [0.1, 0.15) is 18.7 Å². The molecular weight excluding hydrogens is 462 g/mol. The molecule has 27 heavy (non-hydrogen) atoms. The Kier molecular flexibility index (Phi) is 10.2. The van der Waals surface area contributed by atoms with E-state index in [1.54, 1.807) is 25.4 Å². The number of hydrogen-bond donors (Lipinski definition) is 2. The van der Waals surface area contributed by atoms with Crippen molar-refractivity contribution in [2.45, 2.75) is 19.1 Å². The molecule has 0 aliphatic rings. The van der Waals surface area contributed by atoms with Crippen LogP contribution in [0.3, 0.4) is 0 Å². The van der Waals surface area contributed by atoms with Crippen molar-refractivity contribution in [2.75, 3.05) is 34.2 Å². The number of benzene rings is 1. The van der Waals surface area contributed by atoms with E-state index in [1.807, 2.05) is 33.2 Å². The van der Waals surface area contributed by atoms with Crippen LogP contribution in [0.25, 0.3) is 0 Å². The van der Waals surface area contributed by atoms with E-state index >= 15 is 0 Å². The molecule has 150 valence electrons. The van der Waals surface area contributed by atoms with Gasteiger partial charge in [0.15, 0.2) is 5.96 Å². The second-order valence-electron chi connectivity index (χ2n) is 6.21. The highest BCUT2D eigenvalue weighted by molar-refractivity contribution is 14.0. The van der Waals surface area contributed by atoms with Crippen LogP contribution >= 0.6 is 24.0 Å². The molecule has 2 N–H and O–H groups in total. The maximum atomic E-state index is 13.2. The van der Waals surface area contributed by atoms with Crippen molar-refractivity contribution in [3.8, 4) is 5.75 Å². The lowest BCUT2D eigenvalue weighted by molar-refractivity contribution is 0.222. The number of halogens is 2. The van der Waals surface area contributed by atoms with Crippen LogP contribution in [0.15, 0.2) is 52.1 Å². The zero-order valence-corrected chi connectivity index (χ0v) is 18.4. The highest BCUT2D eigenvalue weighted by Crippen LogP contribution is 2.17. The van der Waals surface area contributed by atoms with Gasteiger partial charge in [0.05, 0.1) is 18.8 Å². The highest BCUT2D eigenvalue weighted by Gasteiger charge is 2.17. The average molecular weight is 490 g/mol. The van der Waals surface area contributed by atoms with Gasteiger partial charge in [-0.25, -0.2) is 4.39 Å². The third-order valence-electron chi connectivity index (χ3n) is 3.87. The molecule has 2 aromatic rings. The van der Waals surface area contributed by atoms with E-state index in [0.29, 0.717) is 24.8 Å². The molecule has 2 atom stereocenters. The first-order valence-electron chi connectivity index (χ1n) is 8.56. The summed E-state index contributed by atoms with van der Waals surface area (Å²) >= 11 is 0. The van der Waals surface area contributed by atoms with E-state index in [1.165, 1.54) is 12.1 Å². The van der Waals surface area contributed by atoms with Crippen molar-refractivity contribution in [3.05, 3.63) is 54.2 Å². The van der Waals surface area contributed by atoms with Gasteiger partial charge in [0.1, 0.15) is 23.4 Å². The predicted molar refractivity (Wildman–Crippen MR) is 116 cm³/mol. The zero-order chi connectivity index (χ0) is 18.9. The number of nitrogens with zero attached hydrogens (tertiary/aromatic N) is 2. The van der Waals surface area contributed by atoms with Crippen molar-refractivity contribution >= 4 is 29.9 Å². The first-order valence-corrected chi connectivity index (χ1v) is 8.56. The standard InChI is InChI=1S/C19H27FN4O2.HI/c1-14(26-16-8-5-7-15(20)11-16)12-22-19(21-2)23-13-17(24(3)4)18-9-6-10-25-18;/h5-11,14,17H,12-13H2,1-4H3,(H2,21,22,23);1H. The summed E-state index contributed by atoms with van der Waals surface area (Å²) in [7, 11) is 5.71. The van der Waals surface area contributed by atoms with Crippen LogP contribution in [-0.4, -0.2) is 51.2 Å². The minimum atomic E-state index is -0.312. The average Bonchev–Trinajstić information content (AvgIpc) is 3.11. The van der Waals surface area contributed by atoms with Gasteiger partial charge in [-0.15, -0.1) is 24.0 Å². The number of aliphatic imine (C=N–C) groups is 1. The molecule has 2 unspecified atom stereocenters. The molecule has 0 amide bonds. The van der Waals surface area contributed by atoms with Crippen molar-refractivity contribution < 1.29 is 13.5 Å². The van der Waals surface area contributed by atoms with E-state index in [9.17, 15) is 4.39 Å². The minimum absolute atomic E-state index is 0. The van der Waals surface area contributed by atoms with Crippen LogP contribution in [0, 0.1) is 5.82 Å². The van der Waals surface area contributed by atoms with Crippen LogP contribution in [0.4, 0.5) is 4.39 Å². The van der Waals surface area contributed by atoms with Crippen molar-refractivity contribution in [1.29, 1.82) is 0 Å². The fourth-order valence-corrected chi connectivity index (χ4v) is 2.49. The van der Waals surface area contributed by atoms with Crippen LogP contribution in [0.5, 0.6) is 5.75 Å². The Hall–Kier alpha value is -1.81. The molecule has 1 heterocycles. The van der Waals surface area contributed by atoms with E-state index in [2.05, 4.69) is 20.5 Å². The summed E-state index contributed by atoms with van der Waals surface area (Å²) in [5.41, 5.74) is 0. The monoisotopic (exact) mass is 490 g/mol. The molecule has 0 saturated heterocycles. The molecule has 8 heteroatoms. The molecule has 0 spiro atoms. The highest BCUT2D eigenvalue weighted by atomic mass is 127. The Bertz CT molecular complexity index is 695. The summed E-state index contributed by atoms with van der Waals surface area (Å²) in [6.07, 6.45) is 1.52. The van der Waals surface area contributed by atoms with Gasteiger partial charge in [0.2, 0.25) is 0 Å². The summed E-state index contributed by atoms with van der Waals surface area (Å²) in [6, 6.07) is 10.0. The summed E-state index contributed by atoms with van der Waals surface area (Å²) < 4.78 is 24.4. The number of rotatable bonds is 8. The lowest BCUT2D eigenvalue weighted by Crippen LogP contribution is -2.44. The maximum absolute atomic E-state index is 13.2. The zero-order valence-electron chi connectivity index (χ0n) is 16.1. The first kappa shape index (κ1) is 23.2. The van der Waals surface area contributed by atoms with Gasteiger partial charge in [-0.05, 0) is 45.3 Å². The first-order chi connectivity index (χ1) is 12.5. The van der Waals surface area contributed by atoms with Gasteiger partial charge < -0.3 is 19.8 Å². The molecule has 1 aromatic heterocycles. The minimum Gasteiger partial charge on any atom is -0.489 e. The number of ether oxygens (including phenoxy) is 1. The van der Waals surface area contributed by atoms with Gasteiger partial charge in [-0.2, -0.15) is 0 Å². The molecule has 0 aliphatic heterocycles. The van der Waals surface area contributed by atoms with Crippen LogP contribution in [0.2, 0.25) is 0 Å². The Morgan fingerprint density at radius 2 is 1.96 bits per heavy atom. The number of nitrogens with one attached hydrogen (secondary N) is 2. The quantitative estimate of drug-likeness (QED) is 0.338. The molecule has 0 fully saturated rings. The predicted octanol–water partition coefficient (Wildman–Crippen LogP) is 3.27. The molecule has 6 nitrogen and oxygen atoms in total. The van der Waals surface area contributed by atoms with Crippen LogP contribution < -0.4 is 15.4 Å². The third kappa shape index (κ3) is 7.76. The second kappa shape index (κ2) is 11.8. The van der Waals surface area contributed by atoms with E-state index in [-0.39, 0.29) is 41.9 Å². The van der Waals surface area contributed by atoms with E-state index in [0.717, 1.165) is 5.76 Å². The second-order valence-corrected chi connectivity index (χ2v) is 6.21. The Labute approximate surface area is 177 Å². The summed E-state index contributed by atoms with van der Waals surface area (Å²) in [5, 5.41) is 6.50. The Morgan fingerprint density at radius 1 is 1.22 bits per heavy atom. The van der Waals surface area contributed by atoms with E-state index in [4.69, 9.17) is 9.15 Å². The SMILES string of the molecule is CN=C(NCC(C)Oc1cccc(F)c1)NCC(c1ccco1)N(C)C.I. The largest absolute Gasteiger partial charge is 0.489 e. The number of hydrogen-bond acceptors (Lipinski definition) is 4. The third-order valence-corrected chi connectivity index (χ3v) is 3.87. The van der Waals surface area contributed by atoms with Gasteiger partial charge >= 0.3 is 0 Å². The fourth-order valence-electron chi connectivity index (χ4n) is 2.49. The molecule has 0 bridgehead atoms. The normalized spacial score (nSPS) is 13.6. The fraction of sp³-hybridized carbons (Fsp3) is 0.421. The Balaban J connectivity index is 0.00000364. The van der Waals surface area contributed by atoms with Crippen molar-refractivity contribution in [1.82, 2.24) is 15.5 Å². The molecule has 0 radical (unpaired) electrons. The molecule has 0 saturated carbocycles. The van der Waals surface area contributed by atoms with Gasteiger partial charge in [-0.1, -0.05) is 6.07 Å². The number of guanidine groups is 1.